The molecule has 0 saturated carbocycles. The van der Waals surface area contributed by atoms with Gasteiger partial charge in [-0.15, -0.1) is 0 Å². The first-order chi connectivity index (χ1) is 10.1. The van der Waals surface area contributed by atoms with Gasteiger partial charge in [-0.05, 0) is 25.0 Å². The number of halogens is 2. The molecular weight excluding hydrogens is 311 g/mol. The van der Waals surface area contributed by atoms with Gasteiger partial charge in [0.05, 0.1) is 15.7 Å². The van der Waals surface area contributed by atoms with Crippen LogP contribution in [-0.4, -0.2) is 29.8 Å². The highest BCUT2D eigenvalue weighted by molar-refractivity contribution is 6.39. The maximum absolute atomic E-state index is 12.1. The van der Waals surface area contributed by atoms with E-state index >= 15 is 0 Å². The summed E-state index contributed by atoms with van der Waals surface area (Å²) in [4.78, 5) is 25.9. The molecule has 21 heavy (non-hydrogen) atoms. The van der Waals surface area contributed by atoms with Gasteiger partial charge in [0.2, 0.25) is 11.8 Å². The molecule has 2 rings (SSSR count). The number of rotatable bonds is 3. The van der Waals surface area contributed by atoms with Crippen LogP contribution in [0.4, 0.5) is 5.69 Å². The fraction of sp³-hybridized carbons (Fsp3) is 0.467. The molecule has 0 bridgehead atoms. The van der Waals surface area contributed by atoms with Gasteiger partial charge in [0.1, 0.15) is 6.42 Å². The molecule has 0 aliphatic carbocycles. The van der Waals surface area contributed by atoms with Crippen molar-refractivity contribution >= 4 is 40.7 Å². The average Bonchev–Trinajstić information content (AvgIpc) is 2.72. The van der Waals surface area contributed by atoms with E-state index in [-0.39, 0.29) is 18.2 Å². The summed E-state index contributed by atoms with van der Waals surface area (Å²) in [6.45, 7) is 1.47. The van der Waals surface area contributed by atoms with Crippen molar-refractivity contribution in [3.05, 3.63) is 28.2 Å². The van der Waals surface area contributed by atoms with E-state index in [1.807, 2.05) is 0 Å². The normalized spacial score (nSPS) is 15.4. The number of nitrogens with one attached hydrogen (secondary N) is 1. The van der Waals surface area contributed by atoms with Crippen LogP contribution in [-0.2, 0) is 9.59 Å². The fourth-order valence-corrected chi connectivity index (χ4v) is 2.86. The number of anilines is 1. The number of hydrogen-bond acceptors (Lipinski definition) is 2. The van der Waals surface area contributed by atoms with Crippen molar-refractivity contribution in [3.8, 4) is 0 Å². The molecule has 1 N–H and O–H groups in total. The first-order valence-corrected chi connectivity index (χ1v) is 7.85. The summed E-state index contributed by atoms with van der Waals surface area (Å²) < 4.78 is 0. The van der Waals surface area contributed by atoms with Crippen molar-refractivity contribution in [2.45, 2.75) is 32.1 Å². The maximum Gasteiger partial charge on any atom is 0.233 e. The Kier molecular flexibility index (Phi) is 5.88. The lowest BCUT2D eigenvalue weighted by Gasteiger charge is -2.20. The molecule has 1 aromatic rings. The maximum atomic E-state index is 12.1. The molecule has 0 radical (unpaired) electrons. The van der Waals surface area contributed by atoms with Crippen LogP contribution in [0.3, 0.4) is 0 Å². The Morgan fingerprint density at radius 3 is 2.19 bits per heavy atom. The first-order valence-electron chi connectivity index (χ1n) is 7.09. The highest BCUT2D eigenvalue weighted by Crippen LogP contribution is 2.29. The molecule has 1 aliphatic heterocycles. The van der Waals surface area contributed by atoms with Crippen molar-refractivity contribution < 1.29 is 9.59 Å². The van der Waals surface area contributed by atoms with Crippen molar-refractivity contribution in [1.82, 2.24) is 4.90 Å². The van der Waals surface area contributed by atoms with E-state index in [0.29, 0.717) is 15.7 Å². The summed E-state index contributed by atoms with van der Waals surface area (Å²) >= 11 is 12.0. The van der Waals surface area contributed by atoms with Crippen LogP contribution in [0, 0.1) is 0 Å². The molecular formula is C15H18Cl2N2O2. The summed E-state index contributed by atoms with van der Waals surface area (Å²) in [6, 6.07) is 4.97. The van der Waals surface area contributed by atoms with Crippen LogP contribution in [0.25, 0.3) is 0 Å². The Hall–Kier alpha value is -1.26. The molecule has 0 unspecified atom stereocenters. The van der Waals surface area contributed by atoms with Crippen LogP contribution in [0.2, 0.25) is 10.0 Å². The molecule has 6 heteroatoms. The van der Waals surface area contributed by atoms with Crippen molar-refractivity contribution in [2.24, 2.45) is 0 Å². The van der Waals surface area contributed by atoms with Crippen LogP contribution in [0.5, 0.6) is 0 Å². The number of nitrogens with zero attached hydrogens (tertiary/aromatic N) is 1. The number of carbonyl (C=O) groups excluding carboxylic acids is 2. The minimum Gasteiger partial charge on any atom is -0.342 e. The third kappa shape index (κ3) is 4.61. The molecule has 1 saturated heterocycles. The SMILES string of the molecule is O=C(CC(=O)N1CCCCCC1)Nc1c(Cl)cccc1Cl. The van der Waals surface area contributed by atoms with Gasteiger partial charge in [0, 0.05) is 13.1 Å². The smallest absolute Gasteiger partial charge is 0.233 e. The predicted molar refractivity (Wildman–Crippen MR) is 84.8 cm³/mol. The van der Waals surface area contributed by atoms with Crippen LogP contribution in [0.15, 0.2) is 18.2 Å². The zero-order valence-corrected chi connectivity index (χ0v) is 13.2. The molecule has 4 nitrogen and oxygen atoms in total. The number of para-hydroxylation sites is 1. The Labute approximate surface area is 134 Å². The number of hydrogen-bond donors (Lipinski definition) is 1. The zero-order chi connectivity index (χ0) is 15.2. The lowest BCUT2D eigenvalue weighted by molar-refractivity contribution is -0.134. The second kappa shape index (κ2) is 7.66. The van der Waals surface area contributed by atoms with E-state index in [1.165, 1.54) is 0 Å². The van der Waals surface area contributed by atoms with E-state index in [9.17, 15) is 9.59 Å². The number of carbonyl (C=O) groups is 2. The summed E-state index contributed by atoms with van der Waals surface area (Å²) in [5.41, 5.74) is 0.356. The quantitative estimate of drug-likeness (QED) is 0.859. The molecule has 1 aromatic carbocycles. The molecule has 0 aromatic heterocycles. The second-order valence-electron chi connectivity index (χ2n) is 5.12. The van der Waals surface area contributed by atoms with Gasteiger partial charge in [0.25, 0.3) is 0 Å². The van der Waals surface area contributed by atoms with E-state index in [1.54, 1.807) is 23.1 Å². The molecule has 114 valence electrons. The standard InChI is InChI=1S/C15H18Cl2N2O2/c16-11-6-5-7-12(17)15(11)18-13(20)10-14(21)19-8-3-1-2-4-9-19/h5-7H,1-4,8-10H2,(H,18,20). The first kappa shape index (κ1) is 16.1. The second-order valence-corrected chi connectivity index (χ2v) is 5.93. The van der Waals surface area contributed by atoms with Crippen LogP contribution >= 0.6 is 23.2 Å². The molecule has 2 amide bonds. The van der Waals surface area contributed by atoms with E-state index in [4.69, 9.17) is 23.2 Å². The molecule has 1 heterocycles. The zero-order valence-electron chi connectivity index (χ0n) is 11.7. The average molecular weight is 329 g/mol. The third-order valence-corrected chi connectivity index (χ3v) is 4.13. The third-order valence-electron chi connectivity index (χ3n) is 3.50. The van der Waals surface area contributed by atoms with Crippen LogP contribution < -0.4 is 5.32 Å². The molecule has 1 aliphatic rings. The van der Waals surface area contributed by atoms with Crippen molar-refractivity contribution in [1.29, 1.82) is 0 Å². The topological polar surface area (TPSA) is 49.4 Å². The predicted octanol–water partition coefficient (Wildman–Crippen LogP) is 3.72. The van der Waals surface area contributed by atoms with Gasteiger partial charge in [-0.2, -0.15) is 0 Å². The van der Waals surface area contributed by atoms with E-state index < -0.39 is 0 Å². The van der Waals surface area contributed by atoms with E-state index in [0.717, 1.165) is 38.8 Å². The van der Waals surface area contributed by atoms with E-state index in [2.05, 4.69) is 5.32 Å². The number of amides is 2. The summed E-state index contributed by atoms with van der Waals surface area (Å²) in [6.07, 6.45) is 4.12. The Bertz CT molecular complexity index is 506. The highest BCUT2D eigenvalue weighted by Gasteiger charge is 2.19. The van der Waals surface area contributed by atoms with Gasteiger partial charge in [-0.3, -0.25) is 9.59 Å². The monoisotopic (exact) mass is 328 g/mol. The Morgan fingerprint density at radius 1 is 1.05 bits per heavy atom. The number of benzene rings is 1. The van der Waals surface area contributed by atoms with Gasteiger partial charge in [0.15, 0.2) is 0 Å². The summed E-state index contributed by atoms with van der Waals surface area (Å²) in [5.74, 6) is -0.531. The Balaban J connectivity index is 1.93. The molecule has 0 atom stereocenters. The largest absolute Gasteiger partial charge is 0.342 e. The van der Waals surface area contributed by atoms with Gasteiger partial charge >= 0.3 is 0 Å². The minimum absolute atomic E-state index is 0.141. The van der Waals surface area contributed by atoms with Crippen LogP contribution in [0.1, 0.15) is 32.1 Å². The molecule has 1 fully saturated rings. The fourth-order valence-electron chi connectivity index (χ4n) is 2.37. The number of likely N-dealkylation sites (tertiary alicyclic amines) is 1. The lowest BCUT2D eigenvalue weighted by Crippen LogP contribution is -2.34. The van der Waals surface area contributed by atoms with Crippen molar-refractivity contribution in [3.63, 3.8) is 0 Å². The van der Waals surface area contributed by atoms with Gasteiger partial charge in [-0.1, -0.05) is 42.1 Å². The van der Waals surface area contributed by atoms with Crippen molar-refractivity contribution in [2.75, 3.05) is 18.4 Å². The summed E-state index contributed by atoms with van der Waals surface area (Å²) in [7, 11) is 0. The Morgan fingerprint density at radius 2 is 1.62 bits per heavy atom. The minimum atomic E-state index is -0.390. The molecule has 0 spiro atoms. The summed E-state index contributed by atoms with van der Waals surface area (Å²) in [5, 5.41) is 3.33. The van der Waals surface area contributed by atoms with Gasteiger partial charge in [-0.25, -0.2) is 0 Å². The lowest BCUT2D eigenvalue weighted by atomic mass is 10.2. The van der Waals surface area contributed by atoms with Gasteiger partial charge < -0.3 is 10.2 Å². The highest BCUT2D eigenvalue weighted by atomic mass is 35.5.